The third-order valence-corrected chi connectivity index (χ3v) is 4.57. The zero-order valence-electron chi connectivity index (χ0n) is 16.5. The van der Waals surface area contributed by atoms with Gasteiger partial charge in [-0.2, -0.15) is 5.26 Å². The molecule has 0 bridgehead atoms. The minimum Gasteiger partial charge on any atom is -0.457 e. The zero-order valence-corrected chi connectivity index (χ0v) is 16.5. The molecule has 0 spiro atoms. The van der Waals surface area contributed by atoms with Crippen LogP contribution in [0.25, 0.3) is 0 Å². The molecule has 0 saturated heterocycles. The van der Waals surface area contributed by atoms with E-state index in [0.29, 0.717) is 17.1 Å². The van der Waals surface area contributed by atoms with Gasteiger partial charge in [0.25, 0.3) is 0 Å². The lowest BCUT2D eigenvalue weighted by atomic mass is 9.88. The van der Waals surface area contributed by atoms with Gasteiger partial charge in [0.05, 0.1) is 5.92 Å². The van der Waals surface area contributed by atoms with E-state index in [1.54, 1.807) is 24.3 Å². The van der Waals surface area contributed by atoms with Crippen molar-refractivity contribution in [1.82, 2.24) is 0 Å². The van der Waals surface area contributed by atoms with Crippen LogP contribution in [0.2, 0.25) is 0 Å². The van der Waals surface area contributed by atoms with Gasteiger partial charge in [0.1, 0.15) is 17.6 Å². The fourth-order valence-electron chi connectivity index (χ4n) is 3.18. The van der Waals surface area contributed by atoms with E-state index in [9.17, 15) is 10.1 Å². The lowest BCUT2D eigenvalue weighted by Gasteiger charge is -2.22. The van der Waals surface area contributed by atoms with E-state index in [1.807, 2.05) is 74.5 Å². The Kier molecular flexibility index (Phi) is 6.65. The summed E-state index contributed by atoms with van der Waals surface area (Å²) in [7, 11) is 0. The Balaban J connectivity index is 1.78. The van der Waals surface area contributed by atoms with Crippen LogP contribution in [0, 0.1) is 17.2 Å². The van der Waals surface area contributed by atoms with E-state index in [-0.39, 0.29) is 5.92 Å². The molecule has 0 radical (unpaired) electrons. The topological polar surface area (TPSA) is 59.3 Å². The molecular weight excluding hydrogens is 362 g/mol. The standard InChI is InChI=1S/C25H23NO3/c1-18(2)24(19-10-5-3-6-11-19)25(27)29-23(17-26)20-12-9-15-22(16-20)28-21-13-7-4-8-14-21/h3-16,18,23-24H,1-2H3/t23-,24-/m0/s1. The summed E-state index contributed by atoms with van der Waals surface area (Å²) in [5.74, 6) is 0.465. The number of benzene rings is 3. The summed E-state index contributed by atoms with van der Waals surface area (Å²) in [5, 5.41) is 9.63. The summed E-state index contributed by atoms with van der Waals surface area (Å²) < 4.78 is 11.4. The number of para-hydroxylation sites is 1. The third-order valence-electron chi connectivity index (χ3n) is 4.57. The molecule has 2 atom stereocenters. The van der Waals surface area contributed by atoms with E-state index in [4.69, 9.17) is 9.47 Å². The molecule has 3 rings (SSSR count). The van der Waals surface area contributed by atoms with Crippen molar-refractivity contribution in [3.05, 3.63) is 96.1 Å². The predicted octanol–water partition coefficient (Wildman–Crippen LogP) is 6.03. The molecule has 0 saturated carbocycles. The van der Waals surface area contributed by atoms with Gasteiger partial charge in [-0.1, -0.05) is 74.5 Å². The number of esters is 1. The highest BCUT2D eigenvalue weighted by Crippen LogP contribution is 2.30. The maximum absolute atomic E-state index is 12.9. The highest BCUT2D eigenvalue weighted by Gasteiger charge is 2.28. The molecular formula is C25H23NO3. The second-order valence-electron chi connectivity index (χ2n) is 7.07. The summed E-state index contributed by atoms with van der Waals surface area (Å²) in [6, 6.07) is 28.0. The highest BCUT2D eigenvalue weighted by molar-refractivity contribution is 5.79. The smallest absolute Gasteiger partial charge is 0.315 e. The number of ether oxygens (including phenoxy) is 2. The van der Waals surface area contributed by atoms with Crippen molar-refractivity contribution in [2.24, 2.45) is 5.92 Å². The summed E-state index contributed by atoms with van der Waals surface area (Å²) in [6.07, 6.45) is -1.01. The maximum atomic E-state index is 12.9. The van der Waals surface area contributed by atoms with Crippen LogP contribution in [0.15, 0.2) is 84.9 Å². The van der Waals surface area contributed by atoms with Crippen molar-refractivity contribution < 1.29 is 14.3 Å². The van der Waals surface area contributed by atoms with Crippen LogP contribution >= 0.6 is 0 Å². The highest BCUT2D eigenvalue weighted by atomic mass is 16.5. The molecule has 3 aromatic carbocycles. The van der Waals surface area contributed by atoms with E-state index >= 15 is 0 Å². The van der Waals surface area contributed by atoms with Crippen LogP contribution in [0.4, 0.5) is 0 Å². The average molecular weight is 385 g/mol. The minimum atomic E-state index is -1.01. The van der Waals surface area contributed by atoms with Gasteiger partial charge in [-0.3, -0.25) is 4.79 Å². The van der Waals surface area contributed by atoms with Gasteiger partial charge in [-0.15, -0.1) is 0 Å². The van der Waals surface area contributed by atoms with Crippen LogP contribution in [0.3, 0.4) is 0 Å². The van der Waals surface area contributed by atoms with Crippen LogP contribution in [0.1, 0.15) is 37.0 Å². The third kappa shape index (κ3) is 5.24. The Morgan fingerprint density at radius 1 is 0.828 bits per heavy atom. The molecule has 0 aliphatic carbocycles. The van der Waals surface area contributed by atoms with Crippen molar-refractivity contribution in [2.45, 2.75) is 25.9 Å². The lowest BCUT2D eigenvalue weighted by Crippen LogP contribution is -2.22. The first-order valence-corrected chi connectivity index (χ1v) is 9.56. The first kappa shape index (κ1) is 20.2. The van der Waals surface area contributed by atoms with Crippen LogP contribution in [-0.4, -0.2) is 5.97 Å². The zero-order chi connectivity index (χ0) is 20.6. The van der Waals surface area contributed by atoms with Gasteiger partial charge in [0, 0.05) is 5.56 Å². The quantitative estimate of drug-likeness (QED) is 0.466. The van der Waals surface area contributed by atoms with Gasteiger partial charge in [-0.25, -0.2) is 0 Å². The molecule has 0 unspecified atom stereocenters. The molecule has 0 aliphatic rings. The van der Waals surface area contributed by atoms with Gasteiger partial charge in [0.2, 0.25) is 6.10 Å². The summed E-state index contributed by atoms with van der Waals surface area (Å²) in [6.45, 7) is 3.93. The Hall–Kier alpha value is -3.58. The number of hydrogen-bond donors (Lipinski definition) is 0. The van der Waals surface area contributed by atoms with Crippen molar-refractivity contribution in [2.75, 3.05) is 0 Å². The number of carbonyl (C=O) groups is 1. The van der Waals surface area contributed by atoms with E-state index < -0.39 is 18.0 Å². The minimum absolute atomic E-state index is 0.0389. The summed E-state index contributed by atoms with van der Waals surface area (Å²) in [5.41, 5.74) is 1.45. The van der Waals surface area contributed by atoms with Crippen molar-refractivity contribution in [3.63, 3.8) is 0 Å². The van der Waals surface area contributed by atoms with E-state index in [2.05, 4.69) is 6.07 Å². The van der Waals surface area contributed by atoms with Gasteiger partial charge in [0.15, 0.2) is 0 Å². The molecule has 4 heteroatoms. The largest absolute Gasteiger partial charge is 0.457 e. The number of nitrogens with zero attached hydrogens (tertiary/aromatic N) is 1. The number of carbonyl (C=O) groups excluding carboxylic acids is 1. The van der Waals surface area contributed by atoms with Crippen LogP contribution < -0.4 is 4.74 Å². The fraction of sp³-hybridized carbons (Fsp3) is 0.200. The van der Waals surface area contributed by atoms with Gasteiger partial charge in [-0.05, 0) is 35.7 Å². The molecule has 3 aromatic rings. The van der Waals surface area contributed by atoms with E-state index in [0.717, 1.165) is 5.56 Å². The normalized spacial score (nSPS) is 12.6. The molecule has 0 heterocycles. The van der Waals surface area contributed by atoms with Crippen molar-refractivity contribution in [1.29, 1.82) is 5.26 Å². The Labute approximate surface area is 171 Å². The molecule has 0 N–H and O–H groups in total. The first-order valence-electron chi connectivity index (χ1n) is 9.56. The summed E-state index contributed by atoms with van der Waals surface area (Å²) in [4.78, 5) is 12.9. The molecule has 0 aliphatic heterocycles. The van der Waals surface area contributed by atoms with Crippen molar-refractivity contribution in [3.8, 4) is 17.6 Å². The average Bonchev–Trinajstić information content (AvgIpc) is 2.73. The van der Waals surface area contributed by atoms with Crippen LogP contribution in [0.5, 0.6) is 11.5 Å². The van der Waals surface area contributed by atoms with E-state index in [1.165, 1.54) is 0 Å². The molecule has 146 valence electrons. The van der Waals surface area contributed by atoms with Gasteiger partial charge >= 0.3 is 5.97 Å². The number of hydrogen-bond acceptors (Lipinski definition) is 4. The second kappa shape index (κ2) is 9.57. The molecule has 0 aromatic heterocycles. The first-order chi connectivity index (χ1) is 14.1. The molecule has 29 heavy (non-hydrogen) atoms. The molecule has 0 amide bonds. The Bertz CT molecular complexity index is 978. The Morgan fingerprint density at radius 3 is 2.03 bits per heavy atom. The van der Waals surface area contributed by atoms with Crippen LogP contribution in [-0.2, 0) is 9.53 Å². The van der Waals surface area contributed by atoms with Gasteiger partial charge < -0.3 is 9.47 Å². The lowest BCUT2D eigenvalue weighted by molar-refractivity contribution is -0.150. The molecule has 0 fully saturated rings. The monoisotopic (exact) mass is 385 g/mol. The maximum Gasteiger partial charge on any atom is 0.315 e. The molecule has 4 nitrogen and oxygen atoms in total. The predicted molar refractivity (Wildman–Crippen MR) is 111 cm³/mol. The fourth-order valence-corrected chi connectivity index (χ4v) is 3.18. The van der Waals surface area contributed by atoms with Crippen molar-refractivity contribution >= 4 is 5.97 Å². The number of rotatable bonds is 7. The number of nitriles is 1. The SMILES string of the molecule is CC(C)[C@H](C(=O)O[C@@H](C#N)c1cccc(Oc2ccccc2)c1)c1ccccc1. The second-order valence-corrected chi connectivity index (χ2v) is 7.07. The Morgan fingerprint density at radius 2 is 1.41 bits per heavy atom. The summed E-state index contributed by atoms with van der Waals surface area (Å²) >= 11 is 0.